The van der Waals surface area contributed by atoms with Crippen molar-refractivity contribution in [2.45, 2.75) is 19.4 Å². The fraction of sp³-hybridized carbons (Fsp3) is 0.357. The van der Waals surface area contributed by atoms with E-state index in [2.05, 4.69) is 47.7 Å². The van der Waals surface area contributed by atoms with Gasteiger partial charge in [0.05, 0.1) is 5.69 Å². The van der Waals surface area contributed by atoms with Gasteiger partial charge in [0.15, 0.2) is 0 Å². The van der Waals surface area contributed by atoms with Crippen LogP contribution < -0.4 is 5.32 Å². The van der Waals surface area contributed by atoms with Crippen LogP contribution in [0.2, 0.25) is 0 Å². The zero-order chi connectivity index (χ0) is 12.3. The molecule has 0 bridgehead atoms. The molecule has 17 heavy (non-hydrogen) atoms. The summed E-state index contributed by atoms with van der Waals surface area (Å²) in [7, 11) is 3.94. The third kappa shape index (κ3) is 2.94. The number of likely N-dealkylation sites (N-methyl/N-ethyl adjacent to an activating group) is 1. The van der Waals surface area contributed by atoms with Crippen molar-refractivity contribution in [3.05, 3.63) is 53.3 Å². The minimum atomic E-state index is 0.325. The molecule has 0 saturated carbocycles. The predicted octanol–water partition coefficient (Wildman–Crippen LogP) is 2.23. The summed E-state index contributed by atoms with van der Waals surface area (Å²) in [6.07, 6.45) is 2.90. The lowest BCUT2D eigenvalue weighted by atomic mass is 10.0. The Morgan fingerprint density at radius 3 is 2.47 bits per heavy atom. The van der Waals surface area contributed by atoms with Gasteiger partial charge in [0.1, 0.15) is 0 Å². The number of hydrogen-bond acceptors (Lipinski definition) is 2. The molecule has 1 atom stereocenters. The molecular formula is C14H19N3. The third-order valence-electron chi connectivity index (χ3n) is 3.01. The van der Waals surface area contributed by atoms with E-state index in [4.69, 9.17) is 0 Å². The van der Waals surface area contributed by atoms with E-state index >= 15 is 0 Å². The number of aryl methyl sites for hydroxylation is 2. The monoisotopic (exact) mass is 229 g/mol. The summed E-state index contributed by atoms with van der Waals surface area (Å²) in [4.78, 5) is 0. The summed E-state index contributed by atoms with van der Waals surface area (Å²) in [6.45, 7) is 2.11. The molecule has 0 spiro atoms. The topological polar surface area (TPSA) is 29.9 Å². The van der Waals surface area contributed by atoms with Gasteiger partial charge in [-0.25, -0.2) is 0 Å². The first-order valence-electron chi connectivity index (χ1n) is 5.91. The molecule has 0 aliphatic carbocycles. The van der Waals surface area contributed by atoms with Crippen molar-refractivity contribution in [2.75, 3.05) is 7.05 Å². The molecule has 90 valence electrons. The van der Waals surface area contributed by atoms with E-state index in [1.54, 1.807) is 0 Å². The molecule has 1 N–H and O–H groups in total. The van der Waals surface area contributed by atoms with E-state index < -0.39 is 0 Å². The van der Waals surface area contributed by atoms with Gasteiger partial charge in [-0.05, 0) is 25.6 Å². The zero-order valence-corrected chi connectivity index (χ0v) is 10.6. The van der Waals surface area contributed by atoms with Gasteiger partial charge in [0.2, 0.25) is 0 Å². The number of nitrogens with zero attached hydrogens (tertiary/aromatic N) is 2. The number of nitrogens with one attached hydrogen (secondary N) is 1. The van der Waals surface area contributed by atoms with Crippen LogP contribution in [0.3, 0.4) is 0 Å². The molecule has 0 aliphatic rings. The van der Waals surface area contributed by atoms with E-state index in [0.29, 0.717) is 6.04 Å². The Kier molecular flexibility index (Phi) is 3.59. The zero-order valence-electron chi connectivity index (χ0n) is 10.6. The molecule has 0 radical (unpaired) electrons. The number of aromatic nitrogens is 2. The highest BCUT2D eigenvalue weighted by atomic mass is 15.2. The van der Waals surface area contributed by atoms with Crippen LogP contribution in [0, 0.1) is 6.92 Å². The molecule has 1 aromatic heterocycles. The van der Waals surface area contributed by atoms with Crippen LogP contribution >= 0.6 is 0 Å². The molecular weight excluding hydrogens is 210 g/mol. The van der Waals surface area contributed by atoms with Crippen LogP contribution in [0.1, 0.15) is 22.9 Å². The van der Waals surface area contributed by atoms with Crippen LogP contribution in [0.5, 0.6) is 0 Å². The van der Waals surface area contributed by atoms with E-state index in [1.807, 2.05) is 25.0 Å². The molecule has 0 fully saturated rings. The number of benzene rings is 1. The van der Waals surface area contributed by atoms with Crippen molar-refractivity contribution < 1.29 is 0 Å². The fourth-order valence-corrected chi connectivity index (χ4v) is 1.97. The maximum absolute atomic E-state index is 4.42. The van der Waals surface area contributed by atoms with Crippen molar-refractivity contribution in [1.29, 1.82) is 0 Å². The van der Waals surface area contributed by atoms with Crippen molar-refractivity contribution in [2.24, 2.45) is 7.05 Å². The highest BCUT2D eigenvalue weighted by Crippen LogP contribution is 2.17. The Balaban J connectivity index is 2.13. The van der Waals surface area contributed by atoms with Gasteiger partial charge < -0.3 is 5.32 Å². The minimum Gasteiger partial charge on any atom is -0.313 e. The smallest absolute Gasteiger partial charge is 0.0643 e. The van der Waals surface area contributed by atoms with Crippen molar-refractivity contribution in [1.82, 2.24) is 15.1 Å². The van der Waals surface area contributed by atoms with Gasteiger partial charge in [-0.2, -0.15) is 5.10 Å². The SMILES string of the molecule is CNC(Cc1ccn(C)n1)c1ccc(C)cc1. The molecule has 1 unspecified atom stereocenters. The van der Waals surface area contributed by atoms with Crippen LogP contribution in [0.15, 0.2) is 36.5 Å². The van der Waals surface area contributed by atoms with Crippen LogP contribution in [-0.4, -0.2) is 16.8 Å². The first kappa shape index (κ1) is 11.9. The summed E-state index contributed by atoms with van der Waals surface area (Å²) in [5.74, 6) is 0. The number of rotatable bonds is 4. The maximum Gasteiger partial charge on any atom is 0.0643 e. The highest BCUT2D eigenvalue weighted by molar-refractivity contribution is 5.25. The second-order valence-electron chi connectivity index (χ2n) is 4.44. The van der Waals surface area contributed by atoms with E-state index in [9.17, 15) is 0 Å². The normalized spacial score (nSPS) is 12.6. The second kappa shape index (κ2) is 5.15. The Labute approximate surface area is 102 Å². The largest absolute Gasteiger partial charge is 0.313 e. The molecule has 2 rings (SSSR count). The van der Waals surface area contributed by atoms with Gasteiger partial charge in [-0.3, -0.25) is 4.68 Å². The average Bonchev–Trinajstić information content (AvgIpc) is 2.73. The summed E-state index contributed by atoms with van der Waals surface area (Å²) in [5.41, 5.74) is 3.72. The first-order chi connectivity index (χ1) is 8.19. The molecule has 0 amide bonds. The first-order valence-corrected chi connectivity index (χ1v) is 5.91. The van der Waals surface area contributed by atoms with Gasteiger partial charge in [-0.1, -0.05) is 29.8 Å². The molecule has 0 saturated heterocycles. The predicted molar refractivity (Wildman–Crippen MR) is 69.9 cm³/mol. The van der Waals surface area contributed by atoms with Crippen LogP contribution in [0.4, 0.5) is 0 Å². The summed E-state index contributed by atoms with van der Waals surface area (Å²) in [6, 6.07) is 11.1. The van der Waals surface area contributed by atoms with Crippen molar-refractivity contribution in [3.63, 3.8) is 0 Å². The fourth-order valence-electron chi connectivity index (χ4n) is 1.97. The average molecular weight is 229 g/mol. The van der Waals surface area contributed by atoms with Gasteiger partial charge in [0, 0.05) is 25.7 Å². The van der Waals surface area contributed by atoms with E-state index in [1.165, 1.54) is 11.1 Å². The Hall–Kier alpha value is -1.61. The standard InChI is InChI=1S/C14H19N3/c1-11-4-6-12(7-5-11)14(15-2)10-13-8-9-17(3)16-13/h4-9,14-15H,10H2,1-3H3. The number of hydrogen-bond donors (Lipinski definition) is 1. The van der Waals surface area contributed by atoms with E-state index in [-0.39, 0.29) is 0 Å². The quantitative estimate of drug-likeness (QED) is 0.871. The molecule has 0 aliphatic heterocycles. The Bertz CT molecular complexity index is 470. The highest BCUT2D eigenvalue weighted by Gasteiger charge is 2.11. The van der Waals surface area contributed by atoms with Crippen molar-refractivity contribution in [3.8, 4) is 0 Å². The van der Waals surface area contributed by atoms with Gasteiger partial charge in [0.25, 0.3) is 0 Å². The lowest BCUT2D eigenvalue weighted by Crippen LogP contribution is -2.19. The molecule has 3 nitrogen and oxygen atoms in total. The summed E-state index contributed by atoms with van der Waals surface area (Å²) < 4.78 is 1.84. The lowest BCUT2D eigenvalue weighted by molar-refractivity contribution is 0.577. The molecule has 2 aromatic rings. The van der Waals surface area contributed by atoms with Crippen LogP contribution in [0.25, 0.3) is 0 Å². The van der Waals surface area contributed by atoms with E-state index in [0.717, 1.165) is 12.1 Å². The maximum atomic E-state index is 4.42. The van der Waals surface area contributed by atoms with Gasteiger partial charge >= 0.3 is 0 Å². The summed E-state index contributed by atoms with van der Waals surface area (Å²) in [5, 5.41) is 7.76. The second-order valence-corrected chi connectivity index (χ2v) is 4.44. The molecule has 3 heteroatoms. The van der Waals surface area contributed by atoms with Gasteiger partial charge in [-0.15, -0.1) is 0 Å². The molecule has 1 heterocycles. The lowest BCUT2D eigenvalue weighted by Gasteiger charge is -2.15. The summed E-state index contributed by atoms with van der Waals surface area (Å²) >= 11 is 0. The molecule has 1 aromatic carbocycles. The Morgan fingerprint density at radius 1 is 1.24 bits per heavy atom. The van der Waals surface area contributed by atoms with Crippen molar-refractivity contribution >= 4 is 0 Å². The third-order valence-corrected chi connectivity index (χ3v) is 3.01. The Morgan fingerprint density at radius 2 is 1.94 bits per heavy atom. The van der Waals surface area contributed by atoms with Crippen LogP contribution in [-0.2, 0) is 13.5 Å². The minimum absolute atomic E-state index is 0.325.